The number of likely N-dealkylation sites (N-methyl/N-ethyl adjacent to an activating group) is 1. The van der Waals surface area contributed by atoms with Gasteiger partial charge in [0.25, 0.3) is 5.56 Å². The largest absolute Gasteiger partial charge is 0.497 e. The Kier molecular flexibility index (Phi) is 5.45. The van der Waals surface area contributed by atoms with E-state index in [-0.39, 0.29) is 11.6 Å². The van der Waals surface area contributed by atoms with Gasteiger partial charge in [0.1, 0.15) is 11.8 Å². The summed E-state index contributed by atoms with van der Waals surface area (Å²) in [6.45, 7) is 3.62. The molecule has 1 N–H and O–H groups in total. The van der Waals surface area contributed by atoms with E-state index in [2.05, 4.69) is 37.4 Å². The highest BCUT2D eigenvalue weighted by Gasteiger charge is 2.34. The molecule has 9 nitrogen and oxygen atoms in total. The predicted octanol–water partition coefficient (Wildman–Crippen LogP) is 1.98. The van der Waals surface area contributed by atoms with Crippen LogP contribution < -0.4 is 10.3 Å². The third-order valence-corrected chi connectivity index (χ3v) is 6.71. The van der Waals surface area contributed by atoms with E-state index in [1.807, 2.05) is 28.9 Å². The summed E-state index contributed by atoms with van der Waals surface area (Å²) in [7, 11) is 3.76. The molecule has 1 saturated heterocycles. The van der Waals surface area contributed by atoms with E-state index in [1.54, 1.807) is 7.11 Å². The number of nitrogens with zero attached hydrogens (tertiary/aromatic N) is 6. The van der Waals surface area contributed by atoms with Crippen molar-refractivity contribution >= 4 is 10.9 Å². The molecule has 0 radical (unpaired) electrons. The molecule has 0 unspecified atom stereocenters. The Morgan fingerprint density at radius 1 is 1.13 bits per heavy atom. The average molecular weight is 424 g/mol. The summed E-state index contributed by atoms with van der Waals surface area (Å²) in [5.74, 6) is 1.49. The summed E-state index contributed by atoms with van der Waals surface area (Å²) in [6.07, 6.45) is 4.56. The minimum atomic E-state index is -0.278. The van der Waals surface area contributed by atoms with Crippen LogP contribution in [0.5, 0.6) is 5.75 Å². The molecule has 5 rings (SSSR count). The number of tetrazole rings is 1. The fraction of sp³-hybridized carbons (Fsp3) is 0.545. The van der Waals surface area contributed by atoms with Gasteiger partial charge in [-0.25, -0.2) is 4.68 Å². The van der Waals surface area contributed by atoms with Crippen molar-refractivity contribution in [2.45, 2.75) is 37.8 Å². The topological polar surface area (TPSA) is 92.2 Å². The lowest BCUT2D eigenvalue weighted by Gasteiger charge is -2.37. The zero-order chi connectivity index (χ0) is 21.4. The van der Waals surface area contributed by atoms with Crippen LogP contribution in [0.1, 0.15) is 49.2 Å². The van der Waals surface area contributed by atoms with Crippen LogP contribution in [-0.4, -0.2) is 75.3 Å². The van der Waals surface area contributed by atoms with Gasteiger partial charge in [-0.3, -0.25) is 9.69 Å². The number of H-pyrrole nitrogens is 1. The molecular weight excluding hydrogens is 394 g/mol. The Balaban J connectivity index is 1.62. The number of piperazine rings is 1. The maximum Gasteiger partial charge on any atom is 0.253 e. The quantitative estimate of drug-likeness (QED) is 0.671. The number of benzene rings is 1. The number of ether oxygens (including phenoxy) is 1. The van der Waals surface area contributed by atoms with Crippen LogP contribution in [0.2, 0.25) is 0 Å². The minimum absolute atomic E-state index is 0.106. The first-order valence-electron chi connectivity index (χ1n) is 11.1. The number of hydrogen-bond donors (Lipinski definition) is 1. The molecule has 0 spiro atoms. The molecule has 1 saturated carbocycles. The standard InChI is InChI=1S/C22H29N7O2/c1-27-9-11-28(12-10-27)20(21-24-25-26-29(21)16-5-3-4-6-16)18-13-15-7-8-17(31-2)14-19(15)23-22(18)30/h7-8,13-14,16,20H,3-6,9-12H2,1-2H3,(H,23,30)/t20-/m1/s1. The highest BCUT2D eigenvalue weighted by Crippen LogP contribution is 2.34. The molecule has 2 aliphatic rings. The predicted molar refractivity (Wildman–Crippen MR) is 117 cm³/mol. The lowest BCUT2D eigenvalue weighted by atomic mass is 10.0. The van der Waals surface area contributed by atoms with Crippen LogP contribution in [-0.2, 0) is 0 Å². The molecule has 3 aromatic rings. The minimum Gasteiger partial charge on any atom is -0.497 e. The summed E-state index contributed by atoms with van der Waals surface area (Å²) in [5.41, 5.74) is 1.35. The first-order valence-corrected chi connectivity index (χ1v) is 11.1. The van der Waals surface area contributed by atoms with E-state index >= 15 is 0 Å². The Labute approximate surface area is 181 Å². The van der Waals surface area contributed by atoms with Crippen LogP contribution in [0, 0.1) is 0 Å². The maximum absolute atomic E-state index is 13.3. The molecule has 1 aliphatic carbocycles. The molecule has 0 bridgehead atoms. The summed E-state index contributed by atoms with van der Waals surface area (Å²) in [4.78, 5) is 21.0. The van der Waals surface area contributed by atoms with Crippen molar-refractivity contribution in [2.24, 2.45) is 0 Å². The smallest absolute Gasteiger partial charge is 0.253 e. The molecule has 0 amide bonds. The van der Waals surface area contributed by atoms with Crippen LogP contribution >= 0.6 is 0 Å². The van der Waals surface area contributed by atoms with Crippen molar-refractivity contribution in [3.05, 3.63) is 46.0 Å². The van der Waals surface area contributed by atoms with Gasteiger partial charge < -0.3 is 14.6 Å². The number of nitrogens with one attached hydrogen (secondary N) is 1. The van der Waals surface area contributed by atoms with Gasteiger partial charge in [-0.15, -0.1) is 5.10 Å². The van der Waals surface area contributed by atoms with Crippen molar-refractivity contribution in [3.8, 4) is 5.75 Å². The second-order valence-electron chi connectivity index (χ2n) is 8.67. The third-order valence-electron chi connectivity index (χ3n) is 6.71. The average Bonchev–Trinajstić information content (AvgIpc) is 3.47. The summed E-state index contributed by atoms with van der Waals surface area (Å²) >= 11 is 0. The zero-order valence-electron chi connectivity index (χ0n) is 18.1. The lowest BCUT2D eigenvalue weighted by Crippen LogP contribution is -2.47. The number of aromatic nitrogens is 5. The normalized spacial score (nSPS) is 19.8. The first kappa shape index (κ1) is 20.1. The van der Waals surface area contributed by atoms with Gasteiger partial charge in [-0.2, -0.15) is 0 Å². The fourth-order valence-corrected chi connectivity index (χ4v) is 4.90. The number of aromatic amines is 1. The second kappa shape index (κ2) is 8.39. The van der Waals surface area contributed by atoms with Gasteiger partial charge in [-0.05, 0) is 53.9 Å². The molecule has 31 heavy (non-hydrogen) atoms. The van der Waals surface area contributed by atoms with Gasteiger partial charge in [0.15, 0.2) is 5.82 Å². The molecule has 2 fully saturated rings. The molecule has 3 heterocycles. The first-order chi connectivity index (χ1) is 15.1. The molecule has 2 aromatic heterocycles. The van der Waals surface area contributed by atoms with Gasteiger partial charge in [-0.1, -0.05) is 12.8 Å². The van der Waals surface area contributed by atoms with Crippen LogP contribution in [0.25, 0.3) is 10.9 Å². The number of rotatable bonds is 5. The molecule has 1 aromatic carbocycles. The maximum atomic E-state index is 13.3. The highest BCUT2D eigenvalue weighted by molar-refractivity contribution is 5.80. The van der Waals surface area contributed by atoms with Crippen molar-refractivity contribution < 1.29 is 4.74 Å². The summed E-state index contributed by atoms with van der Waals surface area (Å²) in [5, 5.41) is 13.8. The lowest BCUT2D eigenvalue weighted by molar-refractivity contribution is 0.120. The van der Waals surface area contributed by atoms with E-state index in [4.69, 9.17) is 4.74 Å². The summed E-state index contributed by atoms with van der Waals surface area (Å²) < 4.78 is 7.29. The van der Waals surface area contributed by atoms with E-state index in [0.29, 0.717) is 11.6 Å². The Bertz CT molecular complexity index is 1110. The molecule has 1 aliphatic heterocycles. The Morgan fingerprint density at radius 2 is 1.90 bits per heavy atom. The van der Waals surface area contributed by atoms with Crippen molar-refractivity contribution in [3.63, 3.8) is 0 Å². The Hall–Kier alpha value is -2.78. The van der Waals surface area contributed by atoms with Crippen LogP contribution in [0.15, 0.2) is 29.1 Å². The second-order valence-corrected chi connectivity index (χ2v) is 8.67. The molecule has 164 valence electrons. The molecular formula is C22H29N7O2. The van der Waals surface area contributed by atoms with E-state index in [9.17, 15) is 4.79 Å². The third kappa shape index (κ3) is 3.83. The van der Waals surface area contributed by atoms with Crippen molar-refractivity contribution in [2.75, 3.05) is 40.3 Å². The summed E-state index contributed by atoms with van der Waals surface area (Å²) in [6, 6.07) is 7.77. The van der Waals surface area contributed by atoms with Crippen molar-refractivity contribution in [1.29, 1.82) is 0 Å². The van der Waals surface area contributed by atoms with Gasteiger partial charge >= 0.3 is 0 Å². The SMILES string of the molecule is COc1ccc2cc([C@H](c3nnnn3C3CCCC3)N3CCN(C)CC3)c(=O)[nH]c2c1. The van der Waals surface area contributed by atoms with E-state index in [0.717, 1.165) is 61.5 Å². The van der Waals surface area contributed by atoms with Crippen LogP contribution in [0.4, 0.5) is 0 Å². The number of methoxy groups -OCH3 is 1. The van der Waals surface area contributed by atoms with Gasteiger partial charge in [0.2, 0.25) is 0 Å². The van der Waals surface area contributed by atoms with E-state index < -0.39 is 0 Å². The number of pyridine rings is 1. The Morgan fingerprint density at radius 3 is 2.65 bits per heavy atom. The monoisotopic (exact) mass is 423 g/mol. The molecule has 1 atom stereocenters. The van der Waals surface area contributed by atoms with Crippen molar-refractivity contribution in [1.82, 2.24) is 35.0 Å². The number of hydrogen-bond acceptors (Lipinski definition) is 7. The fourth-order valence-electron chi connectivity index (χ4n) is 4.90. The highest BCUT2D eigenvalue weighted by atomic mass is 16.5. The zero-order valence-corrected chi connectivity index (χ0v) is 18.1. The van der Waals surface area contributed by atoms with Gasteiger partial charge in [0.05, 0.1) is 18.7 Å². The van der Waals surface area contributed by atoms with Crippen LogP contribution in [0.3, 0.4) is 0 Å². The van der Waals surface area contributed by atoms with Gasteiger partial charge in [0, 0.05) is 37.8 Å². The van der Waals surface area contributed by atoms with E-state index in [1.165, 1.54) is 12.8 Å². The molecule has 9 heteroatoms. The number of fused-ring (bicyclic) bond motifs is 1.